The van der Waals surface area contributed by atoms with Gasteiger partial charge in [0.05, 0.1) is 5.33 Å². The minimum absolute atomic E-state index is 0.0745. The third-order valence-electron chi connectivity index (χ3n) is 5.20. The summed E-state index contributed by atoms with van der Waals surface area (Å²) in [5.41, 5.74) is 2.01. The smallest absolute Gasteiger partial charge is 0.189 e. The number of hydrogen-bond donors (Lipinski definition) is 1. The summed E-state index contributed by atoms with van der Waals surface area (Å²) in [7, 11) is -0.446. The number of hydrogen-bond acceptors (Lipinski definition) is 1. The van der Waals surface area contributed by atoms with Gasteiger partial charge in [0.25, 0.3) is 0 Å². The normalized spacial score (nSPS) is 9.61. The molecule has 0 heterocycles. The second-order valence-electron chi connectivity index (χ2n) is 8.40. The lowest BCUT2D eigenvalue weighted by Crippen LogP contribution is -2.20. The third kappa shape index (κ3) is 18.1. The van der Waals surface area contributed by atoms with Crippen LogP contribution in [0.5, 0.6) is 0 Å². The van der Waals surface area contributed by atoms with Crippen LogP contribution >= 0.6 is 87.6 Å². The number of benzene rings is 5. The second-order valence-corrected chi connectivity index (χ2v) is 22.3. The summed E-state index contributed by atoms with van der Waals surface area (Å²) in [6.45, 7) is -0.0745. The second kappa shape index (κ2) is 23.4. The maximum absolute atomic E-state index is 8.35. The van der Waals surface area contributed by atoms with E-state index in [0.717, 1.165) is 16.5 Å². The average Bonchev–Trinajstić information content (AvgIpc) is 3.05. The van der Waals surface area contributed by atoms with Crippen LogP contribution in [0.2, 0.25) is 0 Å². The molecule has 0 atom stereocenters. The van der Waals surface area contributed by atoms with Crippen molar-refractivity contribution in [1.82, 2.24) is 0 Å². The van der Waals surface area contributed by atoms with E-state index in [-0.39, 0.29) is 7.66 Å². The molecule has 0 bridgehead atoms. The van der Waals surface area contributed by atoms with E-state index in [9.17, 15) is 0 Å². The minimum atomic E-state index is -0.446. The van der Waals surface area contributed by atoms with Crippen LogP contribution in [-0.4, -0.2) is 18.1 Å². The third-order valence-corrected chi connectivity index (χ3v) is 7.93. The van der Waals surface area contributed by atoms with Crippen LogP contribution in [-0.2, 0) is 0 Å². The number of rotatable bonds is 3. The Kier molecular flexibility index (Phi) is 20.3. The van der Waals surface area contributed by atoms with Crippen molar-refractivity contribution < 1.29 is 5.11 Å². The Labute approximate surface area is 305 Å². The van der Waals surface area contributed by atoms with E-state index < -0.39 is 7.92 Å². The number of aliphatic hydroxyl groups excluding tert-OH is 1. The first kappa shape index (κ1) is 38.2. The summed E-state index contributed by atoms with van der Waals surface area (Å²) in [5.74, 6) is 11.3. The van der Waals surface area contributed by atoms with Gasteiger partial charge in [-0.1, -0.05) is 167 Å². The Morgan fingerprint density at radius 3 is 1.02 bits per heavy atom. The van der Waals surface area contributed by atoms with Gasteiger partial charge in [-0.3, -0.25) is 0 Å². The van der Waals surface area contributed by atoms with E-state index >= 15 is 0 Å². The molecule has 0 amide bonds. The maximum Gasteiger partial charge on any atom is 0.189 e. The average molecular weight is 921 g/mol. The predicted octanol–water partition coefficient (Wildman–Crippen LogP) is 10.1. The van der Waals surface area contributed by atoms with Gasteiger partial charge in [0, 0.05) is 11.1 Å². The summed E-state index contributed by atoms with van der Waals surface area (Å²) >= 11 is 15.7. The molecule has 5 aromatic carbocycles. The molecule has 0 saturated carbocycles. The van der Waals surface area contributed by atoms with Crippen LogP contribution in [0.25, 0.3) is 0 Å². The highest BCUT2D eigenvalue weighted by molar-refractivity contribution is 9.52. The van der Waals surface area contributed by atoms with Gasteiger partial charge in [0.2, 0.25) is 0 Å². The van der Waals surface area contributed by atoms with E-state index in [1.54, 1.807) is 0 Å². The summed E-state index contributed by atoms with van der Waals surface area (Å²) in [5, 5.41) is 13.3. The quantitative estimate of drug-likeness (QED) is 0.109. The van der Waals surface area contributed by atoms with Crippen LogP contribution in [0.4, 0.5) is 0 Å². The van der Waals surface area contributed by atoms with Crippen molar-refractivity contribution in [3.05, 3.63) is 163 Å². The molecule has 224 valence electrons. The van der Waals surface area contributed by atoms with Crippen LogP contribution in [0, 0.1) is 23.7 Å². The lowest BCUT2D eigenvalue weighted by Gasteiger charge is -2.18. The summed E-state index contributed by atoms with van der Waals surface area (Å²) in [4.78, 5) is 0. The van der Waals surface area contributed by atoms with Gasteiger partial charge in [-0.15, -0.1) is 0 Å². The zero-order chi connectivity index (χ0) is 31.9. The van der Waals surface area contributed by atoms with Crippen molar-refractivity contribution >= 4 is 103 Å². The Morgan fingerprint density at radius 1 is 0.477 bits per heavy atom. The van der Waals surface area contributed by atoms with Gasteiger partial charge in [-0.2, -0.15) is 0 Å². The minimum Gasteiger partial charge on any atom is -0.384 e. The Bertz CT molecular complexity index is 1400. The number of alkyl halides is 5. The fourth-order valence-electron chi connectivity index (χ4n) is 3.50. The highest BCUT2D eigenvalue weighted by Crippen LogP contribution is 2.39. The fraction of sp³-hybridized carbons (Fsp3) is 0.0811. The first-order valence-corrected chi connectivity index (χ1v) is 18.9. The summed E-state index contributed by atoms with van der Waals surface area (Å²) in [6.07, 6.45) is 0. The van der Waals surface area contributed by atoms with Crippen molar-refractivity contribution in [3.63, 3.8) is 0 Å². The van der Waals surface area contributed by atoms with Crippen LogP contribution in [0.1, 0.15) is 11.1 Å². The number of halogens is 5. The first-order valence-electron chi connectivity index (χ1n) is 13.3. The molecule has 0 aliphatic rings. The molecule has 0 aliphatic carbocycles. The maximum atomic E-state index is 8.35. The molecule has 1 nitrogen and oxygen atoms in total. The molecule has 44 heavy (non-hydrogen) atoms. The van der Waals surface area contributed by atoms with Gasteiger partial charge in [-0.05, 0) is 112 Å². The van der Waals surface area contributed by atoms with Crippen LogP contribution in [0.15, 0.2) is 152 Å². The molecule has 5 aromatic rings. The molecule has 0 spiro atoms. The van der Waals surface area contributed by atoms with Gasteiger partial charge in [-0.25, -0.2) is 0 Å². The van der Waals surface area contributed by atoms with E-state index in [0.29, 0.717) is 0 Å². The van der Waals surface area contributed by atoms with E-state index in [1.807, 2.05) is 60.7 Å². The van der Waals surface area contributed by atoms with Gasteiger partial charge in [0.1, 0.15) is 6.61 Å². The van der Waals surface area contributed by atoms with Crippen molar-refractivity contribution in [1.29, 1.82) is 0 Å². The van der Waals surface area contributed by atoms with Crippen molar-refractivity contribution in [2.45, 2.75) is 1.05 Å². The van der Waals surface area contributed by atoms with Gasteiger partial charge >= 0.3 is 0 Å². The Balaban J connectivity index is 0.000000230. The molecule has 5 rings (SSSR count). The monoisotopic (exact) mass is 916 g/mol. The van der Waals surface area contributed by atoms with Gasteiger partial charge < -0.3 is 5.11 Å². The molecule has 0 unspecified atom stereocenters. The molecule has 0 aliphatic heterocycles. The highest BCUT2D eigenvalue weighted by atomic mass is 80.0. The fourth-order valence-corrected chi connectivity index (χ4v) is 5.94. The molecular weight excluding hydrogens is 891 g/mol. The zero-order valence-corrected chi connectivity index (χ0v) is 32.5. The zero-order valence-electron chi connectivity index (χ0n) is 23.6. The Morgan fingerprint density at radius 2 is 0.750 bits per heavy atom. The van der Waals surface area contributed by atoms with Crippen molar-refractivity contribution in [3.8, 4) is 23.7 Å². The SMILES string of the molecule is BrC(Br)(Br)Br.BrCC#Cc1ccccc1.OCC#Cc1ccccc1.c1ccc(P(c2ccccc2)c2ccccc2)cc1. The molecule has 0 fully saturated rings. The standard InChI is InChI=1S/C18H15P.C9H7Br.C9H8O.CBr4/c1-4-10-16(11-5-1)19(17-12-6-2-7-13-17)18-14-8-3-9-15-18;2*10-8-4-7-9-5-2-1-3-6-9;2-1(3,4)5/h1-15H;1-3,5-6H,8H2;1-3,5-6,10H,8H2;. The first-order chi connectivity index (χ1) is 21.3. The highest BCUT2D eigenvalue weighted by Gasteiger charge is 2.15. The molecule has 0 aromatic heterocycles. The molecule has 7 heteroatoms. The van der Waals surface area contributed by atoms with Crippen molar-refractivity contribution in [2.75, 3.05) is 11.9 Å². The summed E-state index contributed by atoms with van der Waals surface area (Å²) in [6, 6.07) is 51.9. The summed E-state index contributed by atoms with van der Waals surface area (Å²) < 4.78 is -0.250. The van der Waals surface area contributed by atoms with Crippen LogP contribution < -0.4 is 15.9 Å². The lowest BCUT2D eigenvalue weighted by molar-refractivity contribution is 0.350. The molecular formula is C37H30Br5OP. The largest absolute Gasteiger partial charge is 0.384 e. The Hall–Kier alpha value is -1.99. The van der Waals surface area contributed by atoms with E-state index in [1.165, 1.54) is 15.9 Å². The predicted molar refractivity (Wildman–Crippen MR) is 211 cm³/mol. The topological polar surface area (TPSA) is 20.2 Å². The van der Waals surface area contributed by atoms with Crippen LogP contribution in [0.3, 0.4) is 0 Å². The van der Waals surface area contributed by atoms with Gasteiger partial charge in [0.15, 0.2) is 1.05 Å². The van der Waals surface area contributed by atoms with Crippen molar-refractivity contribution in [2.24, 2.45) is 0 Å². The number of aliphatic hydroxyl groups is 1. The molecule has 0 radical (unpaired) electrons. The van der Waals surface area contributed by atoms with E-state index in [4.69, 9.17) is 5.11 Å². The molecule has 1 N–H and O–H groups in total. The molecule has 0 saturated heterocycles. The van der Waals surface area contributed by atoms with E-state index in [2.05, 4.69) is 194 Å². The lowest BCUT2D eigenvalue weighted by atomic mass is 10.2.